The summed E-state index contributed by atoms with van der Waals surface area (Å²) in [6.45, 7) is 3.51. The second kappa shape index (κ2) is 6.33. The second-order valence-corrected chi connectivity index (χ2v) is 6.65. The summed E-state index contributed by atoms with van der Waals surface area (Å²) in [5, 5.41) is 12.4. The summed E-state index contributed by atoms with van der Waals surface area (Å²) in [6.07, 6.45) is -3.41. The Balaban J connectivity index is 2.02. The number of benzene rings is 1. The number of nitrogens with zero attached hydrogens (tertiary/aromatic N) is 1. The minimum absolute atomic E-state index is 0.00403. The molecule has 0 aliphatic heterocycles. The Bertz CT molecular complexity index is 798. The number of hydrogen-bond donors (Lipinski definition) is 2. The molecular weight excluding hydrogens is 337 g/mol. The van der Waals surface area contributed by atoms with Crippen molar-refractivity contribution in [3.8, 4) is 0 Å². The highest BCUT2D eigenvalue weighted by atomic mass is 19.4. The molecule has 2 aromatic rings. The largest absolute Gasteiger partial charge is 0.440 e. The molecule has 1 amide bonds. The Morgan fingerprint density at radius 1 is 1.36 bits per heavy atom. The van der Waals surface area contributed by atoms with E-state index in [2.05, 4.69) is 10.3 Å². The number of alkyl halides is 3. The number of carbonyl (C=O) groups is 1. The Morgan fingerprint density at radius 2 is 2.08 bits per heavy atom. The molecule has 25 heavy (non-hydrogen) atoms. The quantitative estimate of drug-likeness (QED) is 0.881. The predicted molar refractivity (Wildman–Crippen MR) is 84.2 cm³/mol. The van der Waals surface area contributed by atoms with Gasteiger partial charge in [-0.1, -0.05) is 13.8 Å². The zero-order valence-corrected chi connectivity index (χ0v) is 13.9. The molecule has 0 spiro atoms. The highest BCUT2D eigenvalue weighted by Crippen LogP contribution is 2.37. The molecule has 5 nitrogen and oxygen atoms in total. The fourth-order valence-electron chi connectivity index (χ4n) is 3.00. The van der Waals surface area contributed by atoms with Crippen LogP contribution >= 0.6 is 0 Å². The van der Waals surface area contributed by atoms with Crippen LogP contribution in [0.3, 0.4) is 0 Å². The van der Waals surface area contributed by atoms with E-state index in [-0.39, 0.29) is 28.5 Å². The molecular formula is C17H19F3N2O3. The summed E-state index contributed by atoms with van der Waals surface area (Å²) < 4.78 is 45.4. The Kier molecular flexibility index (Phi) is 4.49. The molecule has 0 unspecified atom stereocenters. The maximum absolute atomic E-state index is 13.4. The van der Waals surface area contributed by atoms with Crippen molar-refractivity contribution in [2.24, 2.45) is 0 Å². The SMILES string of the molecule is CC(C)c1nc2cc(C(=O)N[C@H]3CCC[C@@H]3O)cc(C(F)(F)F)c2o1. The second-order valence-electron chi connectivity index (χ2n) is 6.65. The van der Waals surface area contributed by atoms with Gasteiger partial charge in [-0.05, 0) is 31.4 Å². The molecule has 1 aliphatic carbocycles. The summed E-state index contributed by atoms with van der Waals surface area (Å²) >= 11 is 0. The third kappa shape index (κ3) is 3.49. The molecule has 2 atom stereocenters. The monoisotopic (exact) mass is 356 g/mol. The summed E-state index contributed by atoms with van der Waals surface area (Å²) in [7, 11) is 0. The smallest absolute Gasteiger partial charge is 0.420 e. The van der Waals surface area contributed by atoms with Crippen molar-refractivity contribution >= 4 is 17.0 Å². The number of aliphatic hydroxyl groups excluding tert-OH is 1. The minimum Gasteiger partial charge on any atom is -0.440 e. The van der Waals surface area contributed by atoms with E-state index in [0.29, 0.717) is 12.8 Å². The number of hydrogen-bond acceptors (Lipinski definition) is 4. The van der Waals surface area contributed by atoms with Gasteiger partial charge in [-0.25, -0.2) is 4.98 Å². The number of fused-ring (bicyclic) bond motifs is 1. The van der Waals surface area contributed by atoms with Crippen molar-refractivity contribution in [3.05, 3.63) is 29.2 Å². The number of aromatic nitrogens is 1. The Morgan fingerprint density at radius 3 is 2.64 bits per heavy atom. The summed E-state index contributed by atoms with van der Waals surface area (Å²) in [6, 6.07) is 1.62. The normalized spacial score (nSPS) is 21.2. The van der Waals surface area contributed by atoms with Crippen LogP contribution in [0.4, 0.5) is 13.2 Å². The van der Waals surface area contributed by atoms with E-state index in [1.54, 1.807) is 13.8 Å². The molecule has 8 heteroatoms. The molecule has 136 valence electrons. The number of nitrogens with one attached hydrogen (secondary N) is 1. The van der Waals surface area contributed by atoms with Gasteiger partial charge in [0.05, 0.1) is 12.1 Å². The fraction of sp³-hybridized carbons (Fsp3) is 0.529. The first-order chi connectivity index (χ1) is 11.7. The Hall–Kier alpha value is -2.09. The van der Waals surface area contributed by atoms with Crippen LogP contribution in [0.15, 0.2) is 16.5 Å². The number of amides is 1. The molecule has 0 bridgehead atoms. The van der Waals surface area contributed by atoms with E-state index in [4.69, 9.17) is 4.42 Å². The average molecular weight is 356 g/mol. The van der Waals surface area contributed by atoms with Crippen LogP contribution in [0, 0.1) is 0 Å². The summed E-state index contributed by atoms with van der Waals surface area (Å²) in [4.78, 5) is 16.4. The lowest BCUT2D eigenvalue weighted by molar-refractivity contribution is -0.136. The lowest BCUT2D eigenvalue weighted by Crippen LogP contribution is -2.39. The van der Waals surface area contributed by atoms with Crippen molar-refractivity contribution < 1.29 is 27.5 Å². The highest BCUT2D eigenvalue weighted by molar-refractivity contribution is 5.98. The number of oxazole rings is 1. The maximum atomic E-state index is 13.4. The zero-order valence-electron chi connectivity index (χ0n) is 13.9. The van der Waals surface area contributed by atoms with Gasteiger partial charge in [-0.15, -0.1) is 0 Å². The van der Waals surface area contributed by atoms with Gasteiger partial charge < -0.3 is 14.8 Å². The van der Waals surface area contributed by atoms with Gasteiger partial charge >= 0.3 is 6.18 Å². The van der Waals surface area contributed by atoms with E-state index in [1.807, 2.05) is 0 Å². The van der Waals surface area contributed by atoms with Crippen LogP contribution < -0.4 is 5.32 Å². The first-order valence-corrected chi connectivity index (χ1v) is 8.17. The average Bonchev–Trinajstić information content (AvgIpc) is 3.11. The van der Waals surface area contributed by atoms with Crippen molar-refractivity contribution in [1.29, 1.82) is 0 Å². The molecule has 0 radical (unpaired) electrons. The third-order valence-corrected chi connectivity index (χ3v) is 4.36. The van der Waals surface area contributed by atoms with E-state index in [0.717, 1.165) is 12.5 Å². The lowest BCUT2D eigenvalue weighted by atomic mass is 10.1. The predicted octanol–water partition coefficient (Wildman–Crippen LogP) is 3.61. The zero-order chi connectivity index (χ0) is 18.4. The molecule has 1 aromatic heterocycles. The molecule has 1 fully saturated rings. The summed E-state index contributed by atoms with van der Waals surface area (Å²) in [5.41, 5.74) is -1.55. The molecule has 1 aliphatic rings. The van der Waals surface area contributed by atoms with Gasteiger partial charge in [0.1, 0.15) is 11.1 Å². The first kappa shape index (κ1) is 17.7. The van der Waals surface area contributed by atoms with Crippen LogP contribution in [0.25, 0.3) is 11.1 Å². The van der Waals surface area contributed by atoms with Crippen LogP contribution in [0.5, 0.6) is 0 Å². The van der Waals surface area contributed by atoms with Crippen LogP contribution in [-0.4, -0.2) is 28.1 Å². The maximum Gasteiger partial charge on any atom is 0.420 e. The molecule has 1 aromatic carbocycles. The van der Waals surface area contributed by atoms with Crippen LogP contribution in [-0.2, 0) is 6.18 Å². The van der Waals surface area contributed by atoms with Gasteiger partial charge in [0, 0.05) is 11.5 Å². The number of rotatable bonds is 3. The molecule has 2 N–H and O–H groups in total. The standard InChI is InChI=1S/C17H19F3N2O3/c1-8(2)16-22-12-7-9(6-10(14(12)25-16)17(18,19)20)15(24)21-11-4-3-5-13(11)23/h6-8,11,13,23H,3-5H2,1-2H3,(H,21,24)/t11-,13-/m0/s1. The van der Waals surface area contributed by atoms with Crippen LogP contribution in [0.2, 0.25) is 0 Å². The molecule has 0 saturated heterocycles. The van der Waals surface area contributed by atoms with E-state index in [9.17, 15) is 23.1 Å². The van der Waals surface area contributed by atoms with Crippen molar-refractivity contribution in [3.63, 3.8) is 0 Å². The van der Waals surface area contributed by atoms with E-state index < -0.39 is 29.8 Å². The van der Waals surface area contributed by atoms with Crippen LogP contribution in [0.1, 0.15) is 60.8 Å². The topological polar surface area (TPSA) is 75.4 Å². The summed E-state index contributed by atoms with van der Waals surface area (Å²) in [5.74, 6) is -0.656. The van der Waals surface area contributed by atoms with Gasteiger partial charge in [-0.2, -0.15) is 13.2 Å². The van der Waals surface area contributed by atoms with Crippen molar-refractivity contribution in [1.82, 2.24) is 10.3 Å². The van der Waals surface area contributed by atoms with Gasteiger partial charge in [0.15, 0.2) is 11.5 Å². The third-order valence-electron chi connectivity index (χ3n) is 4.36. The fourth-order valence-corrected chi connectivity index (χ4v) is 3.00. The number of halogens is 3. The lowest BCUT2D eigenvalue weighted by Gasteiger charge is -2.17. The number of carbonyl (C=O) groups excluding carboxylic acids is 1. The first-order valence-electron chi connectivity index (χ1n) is 8.17. The van der Waals surface area contributed by atoms with E-state index in [1.165, 1.54) is 6.07 Å². The van der Waals surface area contributed by atoms with Gasteiger partial charge in [-0.3, -0.25) is 4.79 Å². The minimum atomic E-state index is -4.67. The molecule has 1 saturated carbocycles. The van der Waals surface area contributed by atoms with Crippen molar-refractivity contribution in [2.75, 3.05) is 0 Å². The highest BCUT2D eigenvalue weighted by Gasteiger charge is 2.36. The van der Waals surface area contributed by atoms with E-state index >= 15 is 0 Å². The molecule has 3 rings (SSSR count). The Labute approximate surface area is 142 Å². The van der Waals surface area contributed by atoms with Gasteiger partial charge in [0.2, 0.25) is 0 Å². The number of aliphatic hydroxyl groups is 1. The molecule has 1 heterocycles. The van der Waals surface area contributed by atoms with Gasteiger partial charge in [0.25, 0.3) is 5.91 Å². The van der Waals surface area contributed by atoms with Crippen molar-refractivity contribution in [2.45, 2.75) is 57.3 Å².